The number of carbonyl (C=O) groups is 1. The number of nitrogens with zero attached hydrogens (tertiary/aromatic N) is 1. The Morgan fingerprint density at radius 1 is 1.42 bits per heavy atom. The van der Waals surface area contributed by atoms with Gasteiger partial charge in [0, 0.05) is 24.2 Å². The van der Waals surface area contributed by atoms with Crippen molar-refractivity contribution in [3.63, 3.8) is 0 Å². The number of hydrogen-bond donors (Lipinski definition) is 1. The summed E-state index contributed by atoms with van der Waals surface area (Å²) < 4.78 is 13.9. The molecular formula is C14H19ClFNO2. The Kier molecular flexibility index (Phi) is 5.32. The molecule has 1 aromatic carbocycles. The second kappa shape index (κ2) is 6.35. The Bertz CT molecular complexity index is 457. The smallest absolute Gasteiger partial charge is 0.304 e. The van der Waals surface area contributed by atoms with Crippen molar-refractivity contribution < 1.29 is 14.3 Å². The van der Waals surface area contributed by atoms with Crippen LogP contribution in [0.1, 0.15) is 32.8 Å². The minimum Gasteiger partial charge on any atom is -0.481 e. The van der Waals surface area contributed by atoms with E-state index in [0.717, 1.165) is 0 Å². The molecule has 0 spiro atoms. The summed E-state index contributed by atoms with van der Waals surface area (Å²) in [5.74, 6) is -1.30. The zero-order chi connectivity index (χ0) is 14.6. The standard InChI is InChI=1S/C14H19ClFNO2/c1-14(2,3)17(8-7-12(18)19)9-10-5-4-6-11(15)13(10)16/h4-6H,7-9H2,1-3H3,(H,18,19). The molecule has 0 aliphatic heterocycles. The molecule has 1 aromatic rings. The summed E-state index contributed by atoms with van der Waals surface area (Å²) in [6.07, 6.45) is 0.0272. The maximum atomic E-state index is 13.9. The van der Waals surface area contributed by atoms with Crippen molar-refractivity contribution in [2.24, 2.45) is 0 Å². The minimum absolute atomic E-state index is 0.0272. The Hall–Kier alpha value is -1.13. The van der Waals surface area contributed by atoms with Crippen molar-refractivity contribution in [2.75, 3.05) is 6.54 Å². The molecule has 0 unspecified atom stereocenters. The third-order valence-electron chi connectivity index (χ3n) is 2.94. The van der Waals surface area contributed by atoms with Crippen LogP contribution in [0, 0.1) is 5.82 Å². The SMILES string of the molecule is CC(C)(C)N(CCC(=O)O)Cc1cccc(Cl)c1F. The van der Waals surface area contributed by atoms with Crippen molar-refractivity contribution in [3.8, 4) is 0 Å². The monoisotopic (exact) mass is 287 g/mol. The number of hydrogen-bond acceptors (Lipinski definition) is 2. The van der Waals surface area contributed by atoms with E-state index in [2.05, 4.69) is 0 Å². The van der Waals surface area contributed by atoms with Crippen molar-refractivity contribution in [2.45, 2.75) is 39.3 Å². The number of rotatable bonds is 5. The molecule has 1 N–H and O–H groups in total. The quantitative estimate of drug-likeness (QED) is 0.900. The van der Waals surface area contributed by atoms with Crippen LogP contribution in [0.15, 0.2) is 18.2 Å². The van der Waals surface area contributed by atoms with E-state index in [1.807, 2.05) is 25.7 Å². The first kappa shape index (κ1) is 15.9. The van der Waals surface area contributed by atoms with Crippen LogP contribution in [-0.2, 0) is 11.3 Å². The van der Waals surface area contributed by atoms with Gasteiger partial charge in [-0.05, 0) is 26.8 Å². The summed E-state index contributed by atoms with van der Waals surface area (Å²) >= 11 is 5.75. The van der Waals surface area contributed by atoms with E-state index in [1.54, 1.807) is 12.1 Å². The topological polar surface area (TPSA) is 40.5 Å². The lowest BCUT2D eigenvalue weighted by Gasteiger charge is -2.35. The normalized spacial score (nSPS) is 11.9. The third-order valence-corrected chi connectivity index (χ3v) is 3.23. The van der Waals surface area contributed by atoms with Crippen LogP contribution in [0.4, 0.5) is 4.39 Å². The van der Waals surface area contributed by atoms with Crippen LogP contribution in [0.2, 0.25) is 5.02 Å². The van der Waals surface area contributed by atoms with Gasteiger partial charge in [-0.25, -0.2) is 4.39 Å². The minimum atomic E-state index is -0.860. The fraction of sp³-hybridized carbons (Fsp3) is 0.500. The van der Waals surface area contributed by atoms with Crippen molar-refractivity contribution in [1.82, 2.24) is 4.90 Å². The number of carboxylic acids is 1. The van der Waals surface area contributed by atoms with E-state index in [1.165, 1.54) is 6.07 Å². The highest BCUT2D eigenvalue weighted by atomic mass is 35.5. The Labute approximate surface area is 118 Å². The largest absolute Gasteiger partial charge is 0.481 e. The summed E-state index contributed by atoms with van der Waals surface area (Å²) in [6.45, 7) is 6.61. The van der Waals surface area contributed by atoms with Crippen molar-refractivity contribution in [3.05, 3.63) is 34.6 Å². The van der Waals surface area contributed by atoms with Crippen LogP contribution < -0.4 is 0 Å². The predicted molar refractivity (Wildman–Crippen MR) is 73.8 cm³/mol. The van der Waals surface area contributed by atoms with Gasteiger partial charge in [0.2, 0.25) is 0 Å². The zero-order valence-corrected chi connectivity index (χ0v) is 12.2. The number of aliphatic carboxylic acids is 1. The average Bonchev–Trinajstić information content (AvgIpc) is 2.27. The predicted octanol–water partition coefficient (Wildman–Crippen LogP) is 3.55. The Morgan fingerprint density at radius 2 is 2.05 bits per heavy atom. The van der Waals surface area contributed by atoms with E-state index in [4.69, 9.17) is 16.7 Å². The van der Waals surface area contributed by atoms with Crippen LogP contribution in [-0.4, -0.2) is 28.1 Å². The summed E-state index contributed by atoms with van der Waals surface area (Å²) in [4.78, 5) is 12.6. The molecule has 0 saturated heterocycles. The van der Waals surface area contributed by atoms with Crippen LogP contribution in [0.5, 0.6) is 0 Å². The van der Waals surface area contributed by atoms with E-state index >= 15 is 0 Å². The molecule has 0 fully saturated rings. The summed E-state index contributed by atoms with van der Waals surface area (Å²) in [5, 5.41) is 8.86. The maximum absolute atomic E-state index is 13.9. The van der Waals surface area contributed by atoms with Gasteiger partial charge in [0.15, 0.2) is 0 Å². The molecule has 0 aliphatic carbocycles. The van der Waals surface area contributed by atoms with Gasteiger partial charge in [0.1, 0.15) is 5.82 Å². The van der Waals surface area contributed by atoms with Crippen molar-refractivity contribution >= 4 is 17.6 Å². The van der Waals surface area contributed by atoms with Gasteiger partial charge in [0.25, 0.3) is 0 Å². The Balaban J connectivity index is 2.88. The van der Waals surface area contributed by atoms with Crippen LogP contribution in [0.3, 0.4) is 0 Å². The second-order valence-corrected chi connectivity index (χ2v) is 5.86. The molecule has 0 amide bonds. The lowest BCUT2D eigenvalue weighted by molar-refractivity contribution is -0.137. The molecule has 106 valence electrons. The lowest BCUT2D eigenvalue weighted by Crippen LogP contribution is -2.42. The molecule has 5 heteroatoms. The van der Waals surface area contributed by atoms with Gasteiger partial charge < -0.3 is 5.11 Å². The molecule has 19 heavy (non-hydrogen) atoms. The number of halogens is 2. The average molecular weight is 288 g/mol. The molecule has 0 atom stereocenters. The van der Waals surface area contributed by atoms with Gasteiger partial charge in [0.05, 0.1) is 11.4 Å². The molecule has 0 bridgehead atoms. The first-order valence-corrected chi connectivity index (χ1v) is 6.49. The molecule has 3 nitrogen and oxygen atoms in total. The highest BCUT2D eigenvalue weighted by Gasteiger charge is 2.23. The summed E-state index contributed by atoms with van der Waals surface area (Å²) in [6, 6.07) is 4.86. The van der Waals surface area contributed by atoms with Gasteiger partial charge in [-0.2, -0.15) is 0 Å². The Morgan fingerprint density at radius 3 is 2.58 bits per heavy atom. The highest BCUT2D eigenvalue weighted by molar-refractivity contribution is 6.30. The molecular weight excluding hydrogens is 269 g/mol. The van der Waals surface area contributed by atoms with E-state index in [0.29, 0.717) is 18.7 Å². The molecule has 0 aromatic heterocycles. The van der Waals surface area contributed by atoms with Crippen molar-refractivity contribution in [1.29, 1.82) is 0 Å². The van der Waals surface area contributed by atoms with Gasteiger partial charge >= 0.3 is 5.97 Å². The fourth-order valence-corrected chi connectivity index (χ4v) is 1.95. The van der Waals surface area contributed by atoms with Gasteiger partial charge in [-0.3, -0.25) is 9.69 Å². The molecule has 0 aliphatic rings. The third kappa shape index (κ3) is 4.80. The fourth-order valence-electron chi connectivity index (χ4n) is 1.76. The molecule has 0 heterocycles. The summed E-state index contributed by atoms with van der Waals surface area (Å²) in [7, 11) is 0. The molecule has 0 radical (unpaired) electrons. The highest BCUT2D eigenvalue weighted by Crippen LogP contribution is 2.23. The van der Waals surface area contributed by atoms with E-state index < -0.39 is 11.8 Å². The maximum Gasteiger partial charge on any atom is 0.304 e. The second-order valence-electron chi connectivity index (χ2n) is 5.45. The van der Waals surface area contributed by atoms with Crippen LogP contribution >= 0.6 is 11.6 Å². The molecule has 0 saturated carbocycles. The number of benzene rings is 1. The molecule has 1 rings (SSSR count). The van der Waals surface area contributed by atoms with E-state index in [-0.39, 0.29) is 17.0 Å². The number of carboxylic acid groups (broad SMARTS) is 1. The van der Waals surface area contributed by atoms with Crippen LogP contribution in [0.25, 0.3) is 0 Å². The zero-order valence-electron chi connectivity index (χ0n) is 11.4. The lowest BCUT2D eigenvalue weighted by atomic mass is 10.0. The van der Waals surface area contributed by atoms with E-state index in [9.17, 15) is 9.18 Å². The first-order valence-electron chi connectivity index (χ1n) is 6.11. The summed E-state index contributed by atoms with van der Waals surface area (Å²) in [5.41, 5.74) is 0.234. The first-order chi connectivity index (χ1) is 8.71. The van der Waals surface area contributed by atoms with Gasteiger partial charge in [-0.1, -0.05) is 23.7 Å². The van der Waals surface area contributed by atoms with Gasteiger partial charge in [-0.15, -0.1) is 0 Å².